The van der Waals surface area contributed by atoms with Gasteiger partial charge in [-0.05, 0) is 44.6 Å². The lowest BCUT2D eigenvalue weighted by molar-refractivity contribution is -0.142. The molecule has 0 saturated carbocycles. The molecule has 1 N–H and O–H groups in total. The number of amides is 2. The summed E-state index contributed by atoms with van der Waals surface area (Å²) in [4.78, 5) is 29.0. The molecule has 1 saturated heterocycles. The molecular formula is C20H30ClN3O2. The molecule has 1 aromatic carbocycles. The highest BCUT2D eigenvalue weighted by Gasteiger charge is 2.33. The van der Waals surface area contributed by atoms with Crippen molar-refractivity contribution in [2.45, 2.75) is 40.2 Å². The van der Waals surface area contributed by atoms with Gasteiger partial charge in [-0.3, -0.25) is 9.59 Å². The van der Waals surface area contributed by atoms with Crippen LogP contribution in [0.1, 0.15) is 39.2 Å². The van der Waals surface area contributed by atoms with E-state index in [9.17, 15) is 9.59 Å². The van der Waals surface area contributed by atoms with Gasteiger partial charge in [0.1, 0.15) is 0 Å². The maximum atomic E-state index is 12.7. The van der Waals surface area contributed by atoms with E-state index in [4.69, 9.17) is 11.6 Å². The van der Waals surface area contributed by atoms with E-state index in [2.05, 4.69) is 5.32 Å². The van der Waals surface area contributed by atoms with Gasteiger partial charge in [0, 0.05) is 35.8 Å². The lowest BCUT2D eigenvalue weighted by Gasteiger charge is -2.35. The zero-order valence-corrected chi connectivity index (χ0v) is 17.2. The molecule has 1 aromatic rings. The highest BCUT2D eigenvalue weighted by atomic mass is 35.5. The lowest BCUT2D eigenvalue weighted by atomic mass is 9.91. The molecule has 1 heterocycles. The van der Waals surface area contributed by atoms with E-state index in [0.717, 1.165) is 31.5 Å². The molecule has 1 aliphatic heterocycles. The van der Waals surface area contributed by atoms with Crippen LogP contribution in [0, 0.1) is 11.3 Å². The maximum Gasteiger partial charge on any atom is 0.229 e. The third kappa shape index (κ3) is 5.45. The van der Waals surface area contributed by atoms with E-state index in [1.54, 1.807) is 6.07 Å². The second-order valence-corrected chi connectivity index (χ2v) is 8.78. The molecule has 1 fully saturated rings. The monoisotopic (exact) mass is 379 g/mol. The van der Waals surface area contributed by atoms with E-state index in [0.29, 0.717) is 17.3 Å². The highest BCUT2D eigenvalue weighted by molar-refractivity contribution is 6.31. The number of carbonyl (C=O) groups is 2. The van der Waals surface area contributed by atoms with Crippen LogP contribution in [0.25, 0.3) is 0 Å². The van der Waals surface area contributed by atoms with Gasteiger partial charge in [0.25, 0.3) is 0 Å². The molecule has 2 rings (SSSR count). The van der Waals surface area contributed by atoms with Gasteiger partial charge in [-0.1, -0.05) is 38.4 Å². The van der Waals surface area contributed by atoms with Crippen molar-refractivity contribution in [3.05, 3.63) is 28.8 Å². The summed E-state index contributed by atoms with van der Waals surface area (Å²) in [6.45, 7) is 7.70. The highest BCUT2D eigenvalue weighted by Crippen LogP contribution is 2.26. The quantitative estimate of drug-likeness (QED) is 0.869. The Bertz CT molecular complexity index is 668. The minimum absolute atomic E-state index is 0.0483. The molecule has 0 bridgehead atoms. The Labute approximate surface area is 161 Å². The van der Waals surface area contributed by atoms with Crippen LogP contribution in [0.4, 0.5) is 5.69 Å². The molecule has 26 heavy (non-hydrogen) atoms. The predicted molar refractivity (Wildman–Crippen MR) is 106 cm³/mol. The van der Waals surface area contributed by atoms with Gasteiger partial charge < -0.3 is 15.1 Å². The van der Waals surface area contributed by atoms with Crippen LogP contribution in [0.5, 0.6) is 0 Å². The van der Waals surface area contributed by atoms with Crippen molar-refractivity contribution in [2.75, 3.05) is 32.5 Å². The van der Waals surface area contributed by atoms with Crippen LogP contribution >= 0.6 is 11.6 Å². The number of carbonyl (C=O) groups excluding carboxylic acids is 2. The van der Waals surface area contributed by atoms with Crippen LogP contribution in [-0.2, 0) is 16.1 Å². The van der Waals surface area contributed by atoms with Gasteiger partial charge in [0.2, 0.25) is 11.8 Å². The number of piperidine rings is 1. The third-order valence-electron chi connectivity index (χ3n) is 4.53. The normalized spacial score (nSPS) is 18.1. The summed E-state index contributed by atoms with van der Waals surface area (Å²) in [5, 5.41) is 3.60. The molecular weight excluding hydrogens is 350 g/mol. The van der Waals surface area contributed by atoms with Gasteiger partial charge in [-0.2, -0.15) is 0 Å². The molecule has 144 valence electrons. The van der Waals surface area contributed by atoms with Gasteiger partial charge in [0.05, 0.1) is 5.92 Å². The van der Waals surface area contributed by atoms with Crippen LogP contribution in [-0.4, -0.2) is 48.8 Å². The number of halogens is 1. The fourth-order valence-electron chi connectivity index (χ4n) is 3.19. The van der Waals surface area contributed by atoms with Crippen molar-refractivity contribution in [1.29, 1.82) is 0 Å². The van der Waals surface area contributed by atoms with Gasteiger partial charge in [-0.25, -0.2) is 0 Å². The first-order valence-corrected chi connectivity index (χ1v) is 9.49. The van der Waals surface area contributed by atoms with E-state index >= 15 is 0 Å². The number of nitrogens with zero attached hydrogens (tertiary/aromatic N) is 2. The van der Waals surface area contributed by atoms with Crippen molar-refractivity contribution in [3.63, 3.8) is 0 Å². The molecule has 0 aliphatic carbocycles. The average Bonchev–Trinajstić information content (AvgIpc) is 2.55. The Morgan fingerprint density at radius 1 is 1.31 bits per heavy atom. The van der Waals surface area contributed by atoms with E-state index in [1.807, 2.05) is 56.8 Å². The summed E-state index contributed by atoms with van der Waals surface area (Å²) >= 11 is 6.33. The first-order chi connectivity index (χ1) is 12.1. The molecule has 0 aromatic heterocycles. The zero-order chi connectivity index (χ0) is 19.5. The fourth-order valence-corrected chi connectivity index (χ4v) is 3.43. The molecule has 0 unspecified atom stereocenters. The molecule has 0 spiro atoms. The van der Waals surface area contributed by atoms with Gasteiger partial charge >= 0.3 is 0 Å². The van der Waals surface area contributed by atoms with Crippen molar-refractivity contribution in [3.8, 4) is 0 Å². The van der Waals surface area contributed by atoms with E-state index in [-0.39, 0.29) is 17.7 Å². The number of nitrogens with one attached hydrogen (secondary N) is 1. The first-order valence-electron chi connectivity index (χ1n) is 9.11. The molecule has 0 radical (unpaired) electrons. The number of hydrogen-bond acceptors (Lipinski definition) is 3. The molecule has 6 heteroatoms. The summed E-state index contributed by atoms with van der Waals surface area (Å²) < 4.78 is 0. The Morgan fingerprint density at radius 3 is 2.58 bits per heavy atom. The average molecular weight is 380 g/mol. The SMILES string of the molecule is CN(C)Cc1ccc(NC(=O)[C@H]2CCCN(C(=O)C(C)(C)C)C2)cc1Cl. The Morgan fingerprint density at radius 2 is 2.00 bits per heavy atom. The van der Waals surface area contributed by atoms with Gasteiger partial charge in [-0.15, -0.1) is 0 Å². The van der Waals surface area contributed by atoms with Gasteiger partial charge in [0.15, 0.2) is 0 Å². The third-order valence-corrected chi connectivity index (χ3v) is 4.88. The van der Waals surface area contributed by atoms with Crippen molar-refractivity contribution in [2.24, 2.45) is 11.3 Å². The largest absolute Gasteiger partial charge is 0.341 e. The second kappa shape index (κ2) is 8.40. The summed E-state index contributed by atoms with van der Waals surface area (Å²) in [6, 6.07) is 5.61. The maximum absolute atomic E-state index is 12.7. The fraction of sp³-hybridized carbons (Fsp3) is 0.600. The van der Waals surface area contributed by atoms with Crippen molar-refractivity contribution < 1.29 is 9.59 Å². The van der Waals surface area contributed by atoms with Crippen molar-refractivity contribution in [1.82, 2.24) is 9.80 Å². The topological polar surface area (TPSA) is 52.7 Å². The van der Waals surface area contributed by atoms with Crippen molar-refractivity contribution >= 4 is 29.1 Å². The second-order valence-electron chi connectivity index (χ2n) is 8.37. The molecule has 1 aliphatic rings. The lowest BCUT2D eigenvalue weighted by Crippen LogP contribution is -2.47. The Kier molecular flexibility index (Phi) is 6.69. The number of anilines is 1. The first kappa shape index (κ1) is 20.7. The summed E-state index contributed by atoms with van der Waals surface area (Å²) in [5.74, 6) is -0.130. The summed E-state index contributed by atoms with van der Waals surface area (Å²) in [7, 11) is 3.97. The van der Waals surface area contributed by atoms with Crippen LogP contribution in [0.3, 0.4) is 0 Å². The minimum Gasteiger partial charge on any atom is -0.341 e. The number of benzene rings is 1. The Hall–Kier alpha value is -1.59. The number of rotatable bonds is 4. The zero-order valence-electron chi connectivity index (χ0n) is 16.4. The van der Waals surface area contributed by atoms with Crippen LogP contribution in [0.15, 0.2) is 18.2 Å². The Balaban J connectivity index is 2.01. The van der Waals surface area contributed by atoms with Crippen LogP contribution in [0.2, 0.25) is 5.02 Å². The predicted octanol–water partition coefficient (Wildman–Crippen LogP) is 3.62. The van der Waals surface area contributed by atoms with E-state index in [1.165, 1.54) is 0 Å². The van der Waals surface area contributed by atoms with Crippen LogP contribution < -0.4 is 5.32 Å². The standard InChI is InChI=1S/C20H30ClN3O2/c1-20(2,3)19(26)24-10-6-7-15(13-24)18(25)22-16-9-8-14(12-23(4)5)17(21)11-16/h8-9,11,15H,6-7,10,12-13H2,1-5H3,(H,22,25)/t15-/m0/s1. The number of likely N-dealkylation sites (tertiary alicyclic amines) is 1. The molecule has 5 nitrogen and oxygen atoms in total. The minimum atomic E-state index is -0.422. The summed E-state index contributed by atoms with van der Waals surface area (Å²) in [6.07, 6.45) is 1.65. The molecule has 2 amide bonds. The van der Waals surface area contributed by atoms with E-state index < -0.39 is 5.41 Å². The number of hydrogen-bond donors (Lipinski definition) is 1. The summed E-state index contributed by atoms with van der Waals surface area (Å²) in [5.41, 5.74) is 1.30. The smallest absolute Gasteiger partial charge is 0.229 e. The molecule has 1 atom stereocenters.